The molecule has 7 nitrogen and oxygen atoms in total. The smallest absolute Gasteiger partial charge is 0.329 e. The van der Waals surface area contributed by atoms with Gasteiger partial charge in [0.2, 0.25) is 0 Å². The van der Waals surface area contributed by atoms with Gasteiger partial charge in [0.1, 0.15) is 11.5 Å². The van der Waals surface area contributed by atoms with E-state index in [9.17, 15) is 14.0 Å². The third-order valence-electron chi connectivity index (χ3n) is 4.40. The van der Waals surface area contributed by atoms with E-state index in [2.05, 4.69) is 5.10 Å². The summed E-state index contributed by atoms with van der Waals surface area (Å²) in [6, 6.07) is 11.4. The standard InChI is InChI=1S/C19H15FN4O3/c20-14-4-1-2-5-17(14)24-16-7-3-6-15(13(16)12-21-24)23-11-10-22(19(23)27)9-8-18(25)26/h1-9,12H,10-11H2,(H,25,26)/b9-8+. The minimum absolute atomic E-state index is 0.321. The van der Waals surface area contributed by atoms with Crippen molar-refractivity contribution in [3.05, 3.63) is 66.8 Å². The molecular weight excluding hydrogens is 351 g/mol. The van der Waals surface area contributed by atoms with Crippen molar-refractivity contribution in [2.24, 2.45) is 0 Å². The zero-order valence-corrected chi connectivity index (χ0v) is 14.1. The number of nitrogens with zero attached hydrogens (tertiary/aromatic N) is 4. The molecule has 0 aliphatic carbocycles. The van der Waals surface area contributed by atoms with Crippen LogP contribution in [0.2, 0.25) is 0 Å². The number of aliphatic carboxylic acids is 1. The van der Waals surface area contributed by atoms with Crippen molar-refractivity contribution in [3.8, 4) is 5.69 Å². The summed E-state index contributed by atoms with van der Waals surface area (Å²) in [5, 5.41) is 13.7. The summed E-state index contributed by atoms with van der Waals surface area (Å²) in [5.41, 5.74) is 1.64. The monoisotopic (exact) mass is 366 g/mol. The third-order valence-corrected chi connectivity index (χ3v) is 4.40. The topological polar surface area (TPSA) is 78.7 Å². The Bertz CT molecular complexity index is 1080. The quantitative estimate of drug-likeness (QED) is 0.720. The van der Waals surface area contributed by atoms with Gasteiger partial charge in [0.05, 0.1) is 17.4 Å². The van der Waals surface area contributed by atoms with Crippen LogP contribution < -0.4 is 4.90 Å². The Morgan fingerprint density at radius 3 is 2.67 bits per heavy atom. The normalized spacial score (nSPS) is 14.6. The van der Waals surface area contributed by atoms with Crippen molar-refractivity contribution >= 4 is 28.6 Å². The Labute approximate surface area is 153 Å². The van der Waals surface area contributed by atoms with E-state index < -0.39 is 11.8 Å². The number of urea groups is 1. The average Bonchev–Trinajstić information content (AvgIpc) is 3.24. The summed E-state index contributed by atoms with van der Waals surface area (Å²) in [5.74, 6) is -1.51. The zero-order chi connectivity index (χ0) is 19.0. The van der Waals surface area contributed by atoms with Gasteiger partial charge in [0.25, 0.3) is 0 Å². The molecule has 1 aliphatic heterocycles. The first-order chi connectivity index (χ1) is 13.1. The molecule has 1 fully saturated rings. The van der Waals surface area contributed by atoms with Gasteiger partial charge in [-0.3, -0.25) is 9.80 Å². The lowest BCUT2D eigenvalue weighted by Gasteiger charge is -2.17. The number of anilines is 1. The number of benzene rings is 2. The second-order valence-electron chi connectivity index (χ2n) is 6.00. The van der Waals surface area contributed by atoms with E-state index in [0.29, 0.717) is 35.4 Å². The van der Waals surface area contributed by atoms with Crippen molar-refractivity contribution in [2.45, 2.75) is 0 Å². The third kappa shape index (κ3) is 2.91. The van der Waals surface area contributed by atoms with Crippen LogP contribution in [0.5, 0.6) is 0 Å². The largest absolute Gasteiger partial charge is 0.478 e. The summed E-state index contributed by atoms with van der Waals surface area (Å²) < 4.78 is 15.7. The molecule has 2 heterocycles. The highest BCUT2D eigenvalue weighted by atomic mass is 19.1. The molecule has 0 radical (unpaired) electrons. The summed E-state index contributed by atoms with van der Waals surface area (Å²) in [6.07, 6.45) is 3.78. The van der Waals surface area contributed by atoms with Crippen molar-refractivity contribution < 1.29 is 19.1 Å². The maximum absolute atomic E-state index is 14.2. The van der Waals surface area contributed by atoms with Gasteiger partial charge in [-0.25, -0.2) is 18.7 Å². The zero-order valence-electron chi connectivity index (χ0n) is 14.1. The second kappa shape index (κ2) is 6.56. The van der Waals surface area contributed by atoms with E-state index >= 15 is 0 Å². The van der Waals surface area contributed by atoms with Crippen LogP contribution in [0.4, 0.5) is 14.9 Å². The molecule has 0 saturated carbocycles. The molecule has 8 heteroatoms. The first-order valence-corrected chi connectivity index (χ1v) is 8.27. The Balaban J connectivity index is 1.73. The molecule has 0 bridgehead atoms. The van der Waals surface area contributed by atoms with Gasteiger partial charge in [-0.1, -0.05) is 18.2 Å². The van der Waals surface area contributed by atoms with Crippen molar-refractivity contribution in [2.75, 3.05) is 18.0 Å². The lowest BCUT2D eigenvalue weighted by Crippen LogP contribution is -2.28. The predicted octanol–water partition coefficient (Wildman–Crippen LogP) is 3.00. The van der Waals surface area contributed by atoms with Gasteiger partial charge in [0.15, 0.2) is 0 Å². The fourth-order valence-corrected chi connectivity index (χ4v) is 3.16. The molecule has 0 atom stereocenters. The van der Waals surface area contributed by atoms with Crippen LogP contribution in [0.3, 0.4) is 0 Å². The molecule has 1 aliphatic rings. The van der Waals surface area contributed by atoms with Crippen LogP contribution in [0.1, 0.15) is 0 Å². The average molecular weight is 366 g/mol. The highest BCUT2D eigenvalue weighted by molar-refractivity contribution is 6.04. The fraction of sp³-hybridized carbons (Fsp3) is 0.105. The number of halogens is 1. The molecule has 3 aromatic rings. The molecule has 1 N–H and O–H groups in total. The number of carbonyl (C=O) groups excluding carboxylic acids is 1. The van der Waals surface area contributed by atoms with Crippen molar-refractivity contribution in [3.63, 3.8) is 0 Å². The Hall–Kier alpha value is -3.68. The molecule has 1 saturated heterocycles. The molecule has 2 amide bonds. The SMILES string of the molecule is O=C(O)/C=C/N1CCN(c2cccc3c2cnn3-c2ccccc2F)C1=O. The second-order valence-corrected chi connectivity index (χ2v) is 6.00. The maximum Gasteiger partial charge on any atom is 0.329 e. The highest BCUT2D eigenvalue weighted by Crippen LogP contribution is 2.31. The number of rotatable bonds is 4. The first-order valence-electron chi connectivity index (χ1n) is 8.27. The maximum atomic E-state index is 14.2. The van der Waals surface area contributed by atoms with Crippen LogP contribution in [-0.2, 0) is 4.79 Å². The van der Waals surface area contributed by atoms with E-state index in [4.69, 9.17) is 5.11 Å². The summed E-state index contributed by atoms with van der Waals surface area (Å²) in [7, 11) is 0. The molecule has 4 rings (SSSR count). The van der Waals surface area contributed by atoms with Gasteiger partial charge >= 0.3 is 12.0 Å². The summed E-state index contributed by atoms with van der Waals surface area (Å²) in [4.78, 5) is 26.2. The number of hydrogen-bond acceptors (Lipinski definition) is 3. The van der Waals surface area contributed by atoms with E-state index in [1.165, 1.54) is 21.8 Å². The Morgan fingerprint density at radius 2 is 1.89 bits per heavy atom. The van der Waals surface area contributed by atoms with Crippen molar-refractivity contribution in [1.29, 1.82) is 0 Å². The molecular formula is C19H15FN4O3. The Morgan fingerprint density at radius 1 is 1.11 bits per heavy atom. The fourth-order valence-electron chi connectivity index (χ4n) is 3.16. The lowest BCUT2D eigenvalue weighted by atomic mass is 10.2. The van der Waals surface area contributed by atoms with Gasteiger partial charge < -0.3 is 5.11 Å². The first kappa shape index (κ1) is 16.8. The number of aromatic nitrogens is 2. The number of para-hydroxylation sites is 1. The van der Waals surface area contributed by atoms with Gasteiger partial charge in [-0.05, 0) is 24.3 Å². The number of carboxylic acid groups (broad SMARTS) is 1. The minimum Gasteiger partial charge on any atom is -0.478 e. The van der Waals surface area contributed by atoms with E-state index in [0.717, 1.165) is 6.08 Å². The molecule has 136 valence electrons. The number of carbonyl (C=O) groups is 2. The van der Waals surface area contributed by atoms with Crippen LogP contribution >= 0.6 is 0 Å². The Kier molecular flexibility index (Phi) is 4.08. The van der Waals surface area contributed by atoms with Crippen LogP contribution in [0.15, 0.2) is 60.9 Å². The number of hydrogen-bond donors (Lipinski definition) is 1. The lowest BCUT2D eigenvalue weighted by molar-refractivity contribution is -0.131. The van der Waals surface area contributed by atoms with Crippen LogP contribution in [0, 0.1) is 5.82 Å². The minimum atomic E-state index is -1.12. The van der Waals surface area contributed by atoms with Gasteiger partial charge in [-0.2, -0.15) is 5.10 Å². The van der Waals surface area contributed by atoms with E-state index in [1.807, 2.05) is 0 Å². The number of fused-ring (bicyclic) bond motifs is 1. The van der Waals surface area contributed by atoms with Gasteiger partial charge in [0, 0.05) is 30.8 Å². The molecule has 1 aromatic heterocycles. The van der Waals surface area contributed by atoms with E-state index in [-0.39, 0.29) is 6.03 Å². The van der Waals surface area contributed by atoms with Crippen LogP contribution in [-0.4, -0.2) is 44.9 Å². The molecule has 0 spiro atoms. The van der Waals surface area contributed by atoms with Crippen LogP contribution in [0.25, 0.3) is 16.6 Å². The van der Waals surface area contributed by atoms with E-state index in [1.54, 1.807) is 47.5 Å². The van der Waals surface area contributed by atoms with Gasteiger partial charge in [-0.15, -0.1) is 0 Å². The summed E-state index contributed by atoms with van der Waals surface area (Å²) >= 11 is 0. The van der Waals surface area contributed by atoms with Crippen molar-refractivity contribution in [1.82, 2.24) is 14.7 Å². The molecule has 27 heavy (non-hydrogen) atoms. The predicted molar refractivity (Wildman–Crippen MR) is 97.3 cm³/mol. The molecule has 0 unspecified atom stereocenters. The highest BCUT2D eigenvalue weighted by Gasteiger charge is 2.29. The number of carboxylic acids is 1. The number of amides is 2. The summed E-state index contributed by atoms with van der Waals surface area (Å²) in [6.45, 7) is 0.785. The molecule has 2 aromatic carbocycles.